The molecule has 1 aromatic heterocycles. The zero-order chi connectivity index (χ0) is 16.0. The van der Waals surface area contributed by atoms with Gasteiger partial charge in [0.05, 0.1) is 18.5 Å². The largest absolute Gasteiger partial charge is 0.374 e. The number of aryl methyl sites for hydroxylation is 1. The van der Waals surface area contributed by atoms with Crippen LogP contribution in [0.4, 0.5) is 0 Å². The van der Waals surface area contributed by atoms with Gasteiger partial charge in [0, 0.05) is 33.0 Å². The second-order valence-electron chi connectivity index (χ2n) is 6.81. The molecule has 3 heterocycles. The van der Waals surface area contributed by atoms with Crippen LogP contribution in [0.3, 0.4) is 0 Å². The lowest BCUT2D eigenvalue weighted by atomic mass is 10.0. The number of rotatable bonds is 5. The van der Waals surface area contributed by atoms with Gasteiger partial charge in [-0.1, -0.05) is 0 Å². The number of sulfonamides is 1. The van der Waals surface area contributed by atoms with Crippen LogP contribution < -0.4 is 0 Å². The van der Waals surface area contributed by atoms with Gasteiger partial charge in [0.2, 0.25) is 0 Å². The Kier molecular flexibility index (Phi) is 3.95. The average molecular weight is 341 g/mol. The molecular formula is C15H23N3O4S. The number of ether oxygens (including phenoxy) is 2. The molecule has 4 rings (SSSR count). The predicted octanol–water partition coefficient (Wildman–Crippen LogP) is 0.767. The second kappa shape index (κ2) is 5.84. The first-order valence-corrected chi connectivity index (χ1v) is 9.73. The Labute approximate surface area is 136 Å². The lowest BCUT2D eigenvalue weighted by Gasteiger charge is -2.31. The molecule has 0 amide bonds. The third-order valence-electron chi connectivity index (χ3n) is 4.93. The van der Waals surface area contributed by atoms with E-state index in [-0.39, 0.29) is 23.3 Å². The maximum atomic E-state index is 12.9. The van der Waals surface area contributed by atoms with E-state index in [1.54, 1.807) is 22.1 Å². The number of hydrogen-bond donors (Lipinski definition) is 0. The Morgan fingerprint density at radius 1 is 1.39 bits per heavy atom. The molecule has 0 N–H and O–H groups in total. The van der Waals surface area contributed by atoms with Gasteiger partial charge in [0.15, 0.2) is 5.03 Å². The standard InChI is InChI=1S/C15H23N3O4S/c1-17-8-14(16-10-17)23(19,20)18-7-13(22-9-11-4-5-11)15-12(18)3-2-6-21-15/h8,10-13,15H,2-7,9H2,1H3/t12-,13+,15+/m0/s1. The number of aromatic nitrogens is 2. The van der Waals surface area contributed by atoms with Gasteiger partial charge in [-0.3, -0.25) is 0 Å². The maximum Gasteiger partial charge on any atom is 0.262 e. The highest BCUT2D eigenvalue weighted by Crippen LogP contribution is 2.36. The summed E-state index contributed by atoms with van der Waals surface area (Å²) < 4.78 is 41.0. The number of imidazole rings is 1. The Morgan fingerprint density at radius 3 is 2.91 bits per heavy atom. The molecule has 128 valence electrons. The minimum absolute atomic E-state index is 0.104. The lowest BCUT2D eigenvalue weighted by Crippen LogP contribution is -2.44. The van der Waals surface area contributed by atoms with Gasteiger partial charge in [-0.15, -0.1) is 0 Å². The van der Waals surface area contributed by atoms with Crippen molar-refractivity contribution in [2.45, 2.75) is 49.0 Å². The van der Waals surface area contributed by atoms with Gasteiger partial charge in [-0.05, 0) is 31.6 Å². The first-order valence-electron chi connectivity index (χ1n) is 8.29. The van der Waals surface area contributed by atoms with Gasteiger partial charge < -0.3 is 14.0 Å². The Balaban J connectivity index is 1.56. The second-order valence-corrected chi connectivity index (χ2v) is 8.65. The first-order chi connectivity index (χ1) is 11.1. The minimum Gasteiger partial charge on any atom is -0.374 e. The Hall–Kier alpha value is -0.960. The fourth-order valence-corrected chi connectivity index (χ4v) is 5.12. The van der Waals surface area contributed by atoms with Gasteiger partial charge in [0.1, 0.15) is 6.10 Å². The van der Waals surface area contributed by atoms with Crippen LogP contribution in [0.2, 0.25) is 0 Å². The molecule has 3 aliphatic rings. The highest BCUT2D eigenvalue weighted by molar-refractivity contribution is 7.89. The third-order valence-corrected chi connectivity index (χ3v) is 6.70. The molecule has 8 heteroatoms. The lowest BCUT2D eigenvalue weighted by molar-refractivity contribution is -0.0773. The van der Waals surface area contributed by atoms with Gasteiger partial charge in [-0.25, -0.2) is 13.4 Å². The van der Waals surface area contributed by atoms with Crippen LogP contribution in [0.25, 0.3) is 0 Å². The van der Waals surface area contributed by atoms with E-state index in [1.165, 1.54) is 19.2 Å². The quantitative estimate of drug-likeness (QED) is 0.791. The highest BCUT2D eigenvalue weighted by Gasteiger charge is 2.50. The molecule has 0 bridgehead atoms. The van der Waals surface area contributed by atoms with Crippen molar-refractivity contribution in [2.75, 3.05) is 19.8 Å². The van der Waals surface area contributed by atoms with Crippen LogP contribution in [-0.4, -0.2) is 60.3 Å². The molecule has 1 aliphatic carbocycles. The molecule has 0 radical (unpaired) electrons. The van der Waals surface area contributed by atoms with E-state index in [0.717, 1.165) is 12.8 Å². The van der Waals surface area contributed by atoms with Crippen LogP contribution in [-0.2, 0) is 26.5 Å². The summed E-state index contributed by atoms with van der Waals surface area (Å²) in [6.45, 7) is 1.76. The van der Waals surface area contributed by atoms with E-state index in [1.807, 2.05) is 0 Å². The molecule has 2 saturated heterocycles. The van der Waals surface area contributed by atoms with Gasteiger partial charge in [0.25, 0.3) is 10.0 Å². The molecule has 3 atom stereocenters. The zero-order valence-electron chi connectivity index (χ0n) is 13.3. The molecule has 1 saturated carbocycles. The summed E-state index contributed by atoms with van der Waals surface area (Å²) in [5.41, 5.74) is 0. The van der Waals surface area contributed by atoms with Crippen molar-refractivity contribution in [1.29, 1.82) is 0 Å². The highest BCUT2D eigenvalue weighted by atomic mass is 32.2. The molecule has 0 spiro atoms. The fraction of sp³-hybridized carbons (Fsp3) is 0.800. The molecule has 1 aromatic rings. The van der Waals surface area contributed by atoms with Crippen LogP contribution in [0.1, 0.15) is 25.7 Å². The molecule has 0 aromatic carbocycles. The van der Waals surface area contributed by atoms with E-state index >= 15 is 0 Å². The summed E-state index contributed by atoms with van der Waals surface area (Å²) in [4.78, 5) is 4.03. The van der Waals surface area contributed by atoms with E-state index in [9.17, 15) is 8.42 Å². The van der Waals surface area contributed by atoms with E-state index in [0.29, 0.717) is 25.7 Å². The van der Waals surface area contributed by atoms with Crippen molar-refractivity contribution >= 4 is 10.0 Å². The summed E-state index contributed by atoms with van der Waals surface area (Å²) >= 11 is 0. The molecule has 2 aliphatic heterocycles. The van der Waals surface area contributed by atoms with Gasteiger partial charge >= 0.3 is 0 Å². The zero-order valence-corrected chi connectivity index (χ0v) is 14.1. The maximum absolute atomic E-state index is 12.9. The summed E-state index contributed by atoms with van der Waals surface area (Å²) in [5.74, 6) is 0.651. The van der Waals surface area contributed by atoms with E-state index in [4.69, 9.17) is 9.47 Å². The number of nitrogens with zero attached hydrogens (tertiary/aromatic N) is 3. The first kappa shape index (κ1) is 15.6. The SMILES string of the molecule is Cn1cnc(S(=O)(=O)N2C[C@@H](OCC3CC3)[C@@H]3OCCC[C@@H]32)c1. The third kappa shape index (κ3) is 2.93. The van der Waals surface area contributed by atoms with Crippen molar-refractivity contribution in [3.63, 3.8) is 0 Å². The van der Waals surface area contributed by atoms with E-state index < -0.39 is 10.0 Å². The van der Waals surface area contributed by atoms with Crippen LogP contribution in [0.5, 0.6) is 0 Å². The van der Waals surface area contributed by atoms with Crippen molar-refractivity contribution in [2.24, 2.45) is 13.0 Å². The Morgan fingerprint density at radius 2 is 2.22 bits per heavy atom. The van der Waals surface area contributed by atoms with E-state index in [2.05, 4.69) is 4.98 Å². The summed E-state index contributed by atoms with van der Waals surface area (Å²) in [5, 5.41) is 0.104. The van der Waals surface area contributed by atoms with Crippen LogP contribution in [0, 0.1) is 5.92 Å². The molecule has 0 unspecified atom stereocenters. The molecule has 23 heavy (non-hydrogen) atoms. The molecule has 7 nitrogen and oxygen atoms in total. The minimum atomic E-state index is -3.60. The topological polar surface area (TPSA) is 73.7 Å². The molecular weight excluding hydrogens is 318 g/mol. The van der Waals surface area contributed by atoms with Crippen molar-refractivity contribution in [3.05, 3.63) is 12.5 Å². The Bertz CT molecular complexity index is 670. The normalized spacial score (nSPS) is 32.1. The summed E-state index contributed by atoms with van der Waals surface area (Å²) in [6, 6.07) is -0.139. The molecule has 3 fully saturated rings. The van der Waals surface area contributed by atoms with Crippen LogP contribution >= 0.6 is 0 Å². The van der Waals surface area contributed by atoms with Crippen molar-refractivity contribution < 1.29 is 17.9 Å². The number of fused-ring (bicyclic) bond motifs is 1. The smallest absolute Gasteiger partial charge is 0.262 e. The predicted molar refractivity (Wildman–Crippen MR) is 82.3 cm³/mol. The number of hydrogen-bond acceptors (Lipinski definition) is 5. The van der Waals surface area contributed by atoms with Crippen molar-refractivity contribution in [3.8, 4) is 0 Å². The van der Waals surface area contributed by atoms with Crippen LogP contribution in [0.15, 0.2) is 17.6 Å². The average Bonchev–Trinajstić information content (AvgIpc) is 3.13. The fourth-order valence-electron chi connectivity index (χ4n) is 3.48. The summed E-state index contributed by atoms with van der Waals surface area (Å²) in [7, 11) is -1.83. The van der Waals surface area contributed by atoms with Crippen molar-refractivity contribution in [1.82, 2.24) is 13.9 Å². The monoisotopic (exact) mass is 341 g/mol. The van der Waals surface area contributed by atoms with Gasteiger partial charge in [-0.2, -0.15) is 4.31 Å². The summed E-state index contributed by atoms with van der Waals surface area (Å²) in [6.07, 6.45) is 6.88.